The topological polar surface area (TPSA) is 55.1 Å². The van der Waals surface area contributed by atoms with Crippen molar-refractivity contribution < 1.29 is 4.79 Å². The molecule has 3 N–H and O–H groups in total. The largest absolute Gasteiger partial charge is 0.354 e. The molecule has 13 heavy (non-hydrogen) atoms. The van der Waals surface area contributed by atoms with Gasteiger partial charge in [0, 0.05) is 6.54 Å². The van der Waals surface area contributed by atoms with E-state index in [1.165, 1.54) is 25.7 Å². The van der Waals surface area contributed by atoms with Gasteiger partial charge in [-0.25, -0.2) is 0 Å². The van der Waals surface area contributed by atoms with Gasteiger partial charge in [-0.3, -0.25) is 4.79 Å². The van der Waals surface area contributed by atoms with Crippen LogP contribution in [-0.2, 0) is 4.79 Å². The van der Waals surface area contributed by atoms with Crippen LogP contribution in [0.2, 0.25) is 0 Å². The van der Waals surface area contributed by atoms with Gasteiger partial charge in [-0.2, -0.15) is 0 Å². The molecule has 1 aliphatic rings. The Hall–Kier alpha value is -0.570. The lowest BCUT2D eigenvalue weighted by molar-refractivity contribution is -0.122. The van der Waals surface area contributed by atoms with Gasteiger partial charge in [0.1, 0.15) is 0 Å². The minimum atomic E-state index is -0.377. The summed E-state index contributed by atoms with van der Waals surface area (Å²) in [5.74, 6) is -0.0256. The highest BCUT2D eigenvalue weighted by atomic mass is 16.2. The lowest BCUT2D eigenvalue weighted by atomic mass is 10.0. The van der Waals surface area contributed by atoms with E-state index in [0.29, 0.717) is 5.41 Å². The molecule has 0 spiro atoms. The van der Waals surface area contributed by atoms with Gasteiger partial charge in [0.2, 0.25) is 5.91 Å². The minimum absolute atomic E-state index is 0.0256. The third-order valence-electron chi connectivity index (χ3n) is 2.79. The summed E-state index contributed by atoms with van der Waals surface area (Å²) in [4.78, 5) is 11.2. The standard InChI is InChI=1S/C10H20N2O/c1-3-4-10(5-6-10)7-12-9(13)8(2)11/h8H,3-7,11H2,1-2H3,(H,12,13). The summed E-state index contributed by atoms with van der Waals surface area (Å²) in [6.45, 7) is 4.73. The normalized spacial score (nSPS) is 20.8. The fourth-order valence-corrected chi connectivity index (χ4v) is 1.66. The highest BCUT2D eigenvalue weighted by molar-refractivity contribution is 5.81. The molecule has 1 atom stereocenters. The van der Waals surface area contributed by atoms with Crippen LogP contribution >= 0.6 is 0 Å². The summed E-state index contributed by atoms with van der Waals surface area (Å²) in [5, 5.41) is 2.91. The monoisotopic (exact) mass is 184 g/mol. The van der Waals surface area contributed by atoms with Gasteiger partial charge in [-0.05, 0) is 31.6 Å². The van der Waals surface area contributed by atoms with Crippen molar-refractivity contribution >= 4 is 5.91 Å². The van der Waals surface area contributed by atoms with Crippen LogP contribution in [0, 0.1) is 5.41 Å². The summed E-state index contributed by atoms with van der Waals surface area (Å²) < 4.78 is 0. The fraction of sp³-hybridized carbons (Fsp3) is 0.900. The van der Waals surface area contributed by atoms with Gasteiger partial charge >= 0.3 is 0 Å². The Kier molecular flexibility index (Phi) is 3.31. The molecule has 3 nitrogen and oxygen atoms in total. The molecule has 1 rings (SSSR count). The molecule has 1 saturated carbocycles. The van der Waals surface area contributed by atoms with Crippen LogP contribution in [0.4, 0.5) is 0 Å². The van der Waals surface area contributed by atoms with Gasteiger partial charge in [0.15, 0.2) is 0 Å². The number of amides is 1. The maximum Gasteiger partial charge on any atom is 0.236 e. The van der Waals surface area contributed by atoms with Gasteiger partial charge in [-0.15, -0.1) is 0 Å². The van der Waals surface area contributed by atoms with E-state index < -0.39 is 0 Å². The lowest BCUT2D eigenvalue weighted by Crippen LogP contribution is -2.40. The second-order valence-corrected chi connectivity index (χ2v) is 4.26. The van der Waals surface area contributed by atoms with Crippen molar-refractivity contribution in [3.63, 3.8) is 0 Å². The van der Waals surface area contributed by atoms with Crippen molar-refractivity contribution in [2.75, 3.05) is 6.54 Å². The molecule has 0 aromatic rings. The van der Waals surface area contributed by atoms with Crippen LogP contribution in [0.3, 0.4) is 0 Å². The molecule has 0 saturated heterocycles. The first-order chi connectivity index (χ1) is 6.09. The van der Waals surface area contributed by atoms with Crippen molar-refractivity contribution in [1.29, 1.82) is 0 Å². The number of nitrogens with one attached hydrogen (secondary N) is 1. The summed E-state index contributed by atoms with van der Waals surface area (Å²) in [7, 11) is 0. The zero-order valence-corrected chi connectivity index (χ0v) is 8.60. The number of carbonyl (C=O) groups is 1. The van der Waals surface area contributed by atoms with E-state index in [0.717, 1.165) is 6.54 Å². The molecule has 1 unspecified atom stereocenters. The molecule has 1 amide bonds. The van der Waals surface area contributed by atoms with Crippen LogP contribution in [0.25, 0.3) is 0 Å². The van der Waals surface area contributed by atoms with Gasteiger partial charge in [0.05, 0.1) is 6.04 Å². The van der Waals surface area contributed by atoms with Crippen molar-refractivity contribution in [3.05, 3.63) is 0 Å². The lowest BCUT2D eigenvalue weighted by Gasteiger charge is -2.15. The Morgan fingerprint density at radius 1 is 1.62 bits per heavy atom. The molecule has 3 heteroatoms. The fourth-order valence-electron chi connectivity index (χ4n) is 1.66. The van der Waals surface area contributed by atoms with Crippen LogP contribution in [0.5, 0.6) is 0 Å². The first-order valence-electron chi connectivity index (χ1n) is 5.13. The molecule has 1 fully saturated rings. The molecule has 0 aromatic heterocycles. The summed E-state index contributed by atoms with van der Waals surface area (Å²) >= 11 is 0. The average molecular weight is 184 g/mol. The third-order valence-corrected chi connectivity index (χ3v) is 2.79. The summed E-state index contributed by atoms with van der Waals surface area (Å²) in [6.07, 6.45) is 4.96. The van der Waals surface area contributed by atoms with Crippen LogP contribution < -0.4 is 11.1 Å². The van der Waals surface area contributed by atoms with E-state index in [1.807, 2.05) is 0 Å². The maximum absolute atomic E-state index is 11.2. The number of nitrogens with two attached hydrogens (primary N) is 1. The summed E-state index contributed by atoms with van der Waals surface area (Å²) in [6, 6.07) is -0.377. The Morgan fingerprint density at radius 3 is 2.62 bits per heavy atom. The number of rotatable bonds is 5. The Bertz CT molecular complexity index is 185. The van der Waals surface area contributed by atoms with Crippen LogP contribution in [-0.4, -0.2) is 18.5 Å². The first-order valence-corrected chi connectivity index (χ1v) is 5.13. The molecule has 0 bridgehead atoms. The Morgan fingerprint density at radius 2 is 2.23 bits per heavy atom. The molecular formula is C10H20N2O. The zero-order valence-electron chi connectivity index (χ0n) is 8.60. The van der Waals surface area contributed by atoms with Crippen molar-refractivity contribution in [1.82, 2.24) is 5.32 Å². The molecule has 0 aromatic carbocycles. The van der Waals surface area contributed by atoms with Gasteiger partial charge in [-0.1, -0.05) is 13.3 Å². The van der Waals surface area contributed by atoms with Gasteiger partial charge < -0.3 is 11.1 Å². The van der Waals surface area contributed by atoms with Crippen LogP contribution in [0.15, 0.2) is 0 Å². The number of hydrogen-bond donors (Lipinski definition) is 2. The SMILES string of the molecule is CCCC1(CNC(=O)C(C)N)CC1. The first kappa shape index (κ1) is 10.5. The highest BCUT2D eigenvalue weighted by Gasteiger charge is 2.41. The van der Waals surface area contributed by atoms with E-state index in [1.54, 1.807) is 6.92 Å². The van der Waals surface area contributed by atoms with E-state index in [-0.39, 0.29) is 11.9 Å². The van der Waals surface area contributed by atoms with Crippen LogP contribution in [0.1, 0.15) is 39.5 Å². The predicted octanol–water partition coefficient (Wildman–Crippen LogP) is 1.03. The number of hydrogen-bond acceptors (Lipinski definition) is 2. The van der Waals surface area contributed by atoms with Crippen molar-refractivity contribution in [3.8, 4) is 0 Å². The van der Waals surface area contributed by atoms with Crippen molar-refractivity contribution in [2.45, 2.75) is 45.6 Å². The average Bonchev–Trinajstić information content (AvgIpc) is 2.82. The number of carbonyl (C=O) groups excluding carboxylic acids is 1. The Labute approximate surface area is 80.1 Å². The summed E-state index contributed by atoms with van der Waals surface area (Å²) in [5.41, 5.74) is 5.88. The predicted molar refractivity (Wildman–Crippen MR) is 53.2 cm³/mol. The molecular weight excluding hydrogens is 164 g/mol. The second kappa shape index (κ2) is 4.09. The molecule has 76 valence electrons. The minimum Gasteiger partial charge on any atom is -0.354 e. The smallest absolute Gasteiger partial charge is 0.236 e. The molecule has 0 aliphatic heterocycles. The molecule has 1 aliphatic carbocycles. The van der Waals surface area contributed by atoms with Gasteiger partial charge in [0.25, 0.3) is 0 Å². The second-order valence-electron chi connectivity index (χ2n) is 4.26. The Balaban J connectivity index is 2.22. The van der Waals surface area contributed by atoms with E-state index >= 15 is 0 Å². The molecule has 0 heterocycles. The maximum atomic E-state index is 11.2. The third kappa shape index (κ3) is 2.99. The molecule has 0 radical (unpaired) electrons. The quantitative estimate of drug-likeness (QED) is 0.670. The van der Waals surface area contributed by atoms with E-state index in [4.69, 9.17) is 5.73 Å². The zero-order chi connectivity index (χ0) is 9.90. The van der Waals surface area contributed by atoms with E-state index in [9.17, 15) is 4.79 Å². The van der Waals surface area contributed by atoms with E-state index in [2.05, 4.69) is 12.2 Å². The highest BCUT2D eigenvalue weighted by Crippen LogP contribution is 2.48. The van der Waals surface area contributed by atoms with Crippen molar-refractivity contribution in [2.24, 2.45) is 11.1 Å².